The second-order valence-electron chi connectivity index (χ2n) is 6.26. The summed E-state index contributed by atoms with van der Waals surface area (Å²) in [5.74, 6) is -0.536. The number of carbonyl (C=O) groups is 2. The summed E-state index contributed by atoms with van der Waals surface area (Å²) in [5.41, 5.74) is 0.931. The van der Waals surface area contributed by atoms with E-state index in [1.165, 1.54) is 31.3 Å². The molecule has 8 nitrogen and oxygen atoms in total. The van der Waals surface area contributed by atoms with Crippen molar-refractivity contribution in [2.75, 3.05) is 30.4 Å². The first-order valence-corrected chi connectivity index (χ1v) is 9.97. The molecule has 0 spiro atoms. The second-order valence-corrected chi connectivity index (χ2v) is 7.94. The van der Waals surface area contributed by atoms with Crippen LogP contribution in [0.25, 0.3) is 0 Å². The van der Waals surface area contributed by atoms with Crippen LogP contribution in [0.3, 0.4) is 0 Å². The molecule has 1 saturated heterocycles. The Kier molecular flexibility index (Phi) is 5.55. The summed E-state index contributed by atoms with van der Waals surface area (Å²) in [6.07, 6.45) is 0.0751. The van der Waals surface area contributed by atoms with Crippen LogP contribution < -0.4 is 14.4 Å². The summed E-state index contributed by atoms with van der Waals surface area (Å²) in [4.78, 5) is 25.3. The van der Waals surface area contributed by atoms with Crippen LogP contribution >= 0.6 is 0 Å². The van der Waals surface area contributed by atoms with Gasteiger partial charge in [0.25, 0.3) is 10.0 Å². The Morgan fingerprint density at radius 3 is 2.29 bits per heavy atom. The molecular weight excluding hydrogens is 384 g/mol. The molecule has 2 aromatic rings. The maximum Gasteiger partial charge on any atom is 0.311 e. The summed E-state index contributed by atoms with van der Waals surface area (Å²) < 4.78 is 37.3. The number of carbonyl (C=O) groups excluding carboxylic acids is 2. The number of rotatable bonds is 6. The van der Waals surface area contributed by atoms with Crippen molar-refractivity contribution in [2.45, 2.75) is 11.3 Å². The van der Waals surface area contributed by atoms with E-state index < -0.39 is 21.9 Å². The molecule has 0 saturated carbocycles. The lowest BCUT2D eigenvalue weighted by Crippen LogP contribution is -2.26. The second kappa shape index (κ2) is 7.89. The molecule has 1 aliphatic rings. The minimum Gasteiger partial charge on any atom is -0.497 e. The van der Waals surface area contributed by atoms with Gasteiger partial charge < -0.3 is 14.4 Å². The molecule has 0 radical (unpaired) electrons. The van der Waals surface area contributed by atoms with Gasteiger partial charge in [0.05, 0.1) is 25.0 Å². The van der Waals surface area contributed by atoms with Crippen LogP contribution in [0.15, 0.2) is 53.4 Å². The average Bonchev–Trinajstić information content (AvgIpc) is 3.09. The Morgan fingerprint density at radius 1 is 1.07 bits per heavy atom. The van der Waals surface area contributed by atoms with E-state index in [0.29, 0.717) is 17.1 Å². The van der Waals surface area contributed by atoms with Gasteiger partial charge in [0, 0.05) is 24.3 Å². The van der Waals surface area contributed by atoms with Gasteiger partial charge in [0.15, 0.2) is 0 Å². The van der Waals surface area contributed by atoms with Gasteiger partial charge in [0.1, 0.15) is 5.75 Å². The highest BCUT2D eigenvalue weighted by Crippen LogP contribution is 2.27. The van der Waals surface area contributed by atoms with Gasteiger partial charge in [-0.15, -0.1) is 0 Å². The highest BCUT2D eigenvalue weighted by atomic mass is 32.2. The molecule has 9 heteroatoms. The molecule has 1 N–H and O–H groups in total. The first-order chi connectivity index (χ1) is 13.3. The van der Waals surface area contributed by atoms with Gasteiger partial charge in [-0.25, -0.2) is 8.42 Å². The molecule has 1 heterocycles. The lowest BCUT2D eigenvalue weighted by Gasteiger charge is -2.17. The first-order valence-electron chi connectivity index (χ1n) is 8.49. The fraction of sp³-hybridized carbons (Fsp3) is 0.263. The monoisotopic (exact) mass is 404 g/mol. The van der Waals surface area contributed by atoms with Crippen LogP contribution in [0.1, 0.15) is 6.42 Å². The molecule has 1 atom stereocenters. The predicted molar refractivity (Wildman–Crippen MR) is 103 cm³/mol. The molecule has 28 heavy (non-hydrogen) atoms. The van der Waals surface area contributed by atoms with Gasteiger partial charge in [-0.1, -0.05) is 0 Å². The van der Waals surface area contributed by atoms with Crippen LogP contribution in [0.5, 0.6) is 5.75 Å². The van der Waals surface area contributed by atoms with Crippen molar-refractivity contribution in [1.82, 2.24) is 0 Å². The molecule has 1 fully saturated rings. The van der Waals surface area contributed by atoms with Crippen molar-refractivity contribution in [2.24, 2.45) is 5.92 Å². The minimum atomic E-state index is -3.78. The smallest absolute Gasteiger partial charge is 0.311 e. The molecule has 148 valence electrons. The van der Waals surface area contributed by atoms with Crippen LogP contribution in [0, 0.1) is 5.92 Å². The van der Waals surface area contributed by atoms with Gasteiger partial charge in [0.2, 0.25) is 5.91 Å². The van der Waals surface area contributed by atoms with E-state index in [0.717, 1.165) is 0 Å². The lowest BCUT2D eigenvalue weighted by molar-refractivity contribution is -0.145. The standard InChI is InChI=1S/C19H20N2O6S/c1-26-16-7-3-14(4-8-16)20-28(24,25)17-9-5-15(6-10-17)21-12-13(11-18(21)22)19(23)27-2/h3-10,13,20H,11-12H2,1-2H3/t13-/m1/s1. The third-order valence-corrected chi connectivity index (χ3v) is 5.86. The third kappa shape index (κ3) is 4.09. The van der Waals surface area contributed by atoms with Crippen LogP contribution in [-0.2, 0) is 24.3 Å². The van der Waals surface area contributed by atoms with Crippen molar-refractivity contribution < 1.29 is 27.5 Å². The first kappa shape index (κ1) is 19.7. The quantitative estimate of drug-likeness (QED) is 0.739. The third-order valence-electron chi connectivity index (χ3n) is 4.46. The Morgan fingerprint density at radius 2 is 1.71 bits per heavy atom. The van der Waals surface area contributed by atoms with Crippen molar-refractivity contribution in [3.63, 3.8) is 0 Å². The molecular formula is C19H20N2O6S. The van der Waals surface area contributed by atoms with E-state index in [4.69, 9.17) is 4.74 Å². The van der Waals surface area contributed by atoms with E-state index in [9.17, 15) is 18.0 Å². The normalized spacial score (nSPS) is 16.7. The fourth-order valence-corrected chi connectivity index (χ4v) is 4.02. The number of sulfonamides is 1. The van der Waals surface area contributed by atoms with Crippen LogP contribution in [-0.4, -0.2) is 41.1 Å². The highest BCUT2D eigenvalue weighted by molar-refractivity contribution is 7.92. The Hall–Kier alpha value is -3.07. The maximum absolute atomic E-state index is 12.5. The molecule has 0 aliphatic carbocycles. The number of amides is 1. The Labute approximate surface area is 163 Å². The van der Waals surface area contributed by atoms with Crippen molar-refractivity contribution in [1.29, 1.82) is 0 Å². The SMILES string of the molecule is COC(=O)[C@@H]1CC(=O)N(c2ccc(S(=O)(=O)Nc3ccc(OC)cc3)cc2)C1. The summed E-state index contributed by atoms with van der Waals surface area (Å²) in [6, 6.07) is 12.4. The number of benzene rings is 2. The maximum atomic E-state index is 12.5. The van der Waals surface area contributed by atoms with Gasteiger partial charge >= 0.3 is 5.97 Å². The number of hydrogen-bond donors (Lipinski definition) is 1. The number of hydrogen-bond acceptors (Lipinski definition) is 6. The lowest BCUT2D eigenvalue weighted by atomic mass is 10.1. The summed E-state index contributed by atoms with van der Waals surface area (Å²) in [7, 11) is -0.974. The van der Waals surface area contributed by atoms with Crippen LogP contribution in [0.2, 0.25) is 0 Å². The molecule has 1 aliphatic heterocycles. The molecule has 0 unspecified atom stereocenters. The zero-order chi connectivity index (χ0) is 20.3. The topological polar surface area (TPSA) is 102 Å². The van der Waals surface area contributed by atoms with Crippen molar-refractivity contribution in [3.8, 4) is 5.75 Å². The molecule has 0 bridgehead atoms. The molecule has 0 aromatic heterocycles. The Balaban J connectivity index is 1.74. The van der Waals surface area contributed by atoms with E-state index in [1.807, 2.05) is 0 Å². The van der Waals surface area contributed by atoms with E-state index >= 15 is 0 Å². The number of esters is 1. The van der Waals surface area contributed by atoms with E-state index in [-0.39, 0.29) is 23.8 Å². The number of nitrogens with one attached hydrogen (secondary N) is 1. The number of methoxy groups -OCH3 is 2. The van der Waals surface area contributed by atoms with E-state index in [1.54, 1.807) is 36.4 Å². The zero-order valence-electron chi connectivity index (χ0n) is 15.4. The van der Waals surface area contributed by atoms with Gasteiger partial charge in [-0.05, 0) is 48.5 Å². The van der Waals surface area contributed by atoms with E-state index in [2.05, 4.69) is 9.46 Å². The van der Waals surface area contributed by atoms with Crippen LogP contribution in [0.4, 0.5) is 11.4 Å². The predicted octanol–water partition coefficient (Wildman–Crippen LogP) is 2.02. The average molecular weight is 404 g/mol. The highest BCUT2D eigenvalue weighted by Gasteiger charge is 2.35. The van der Waals surface area contributed by atoms with Crippen molar-refractivity contribution in [3.05, 3.63) is 48.5 Å². The zero-order valence-corrected chi connectivity index (χ0v) is 16.2. The van der Waals surface area contributed by atoms with Gasteiger partial charge in [-0.2, -0.15) is 0 Å². The summed E-state index contributed by atoms with van der Waals surface area (Å²) >= 11 is 0. The number of anilines is 2. The molecule has 3 rings (SSSR count). The number of nitrogens with zero attached hydrogens (tertiary/aromatic N) is 1. The molecule has 1 amide bonds. The Bertz CT molecular complexity index is 970. The number of ether oxygens (including phenoxy) is 2. The largest absolute Gasteiger partial charge is 0.497 e. The minimum absolute atomic E-state index is 0.0585. The van der Waals surface area contributed by atoms with Crippen molar-refractivity contribution >= 4 is 33.3 Å². The molecule has 2 aromatic carbocycles. The summed E-state index contributed by atoms with van der Waals surface area (Å²) in [5, 5.41) is 0. The van der Waals surface area contributed by atoms with Gasteiger partial charge in [-0.3, -0.25) is 14.3 Å². The summed E-state index contributed by atoms with van der Waals surface area (Å²) in [6.45, 7) is 0.210. The fourth-order valence-electron chi connectivity index (χ4n) is 2.96.